The minimum atomic E-state index is -3.90. The Kier molecular flexibility index (Phi) is 4.04. The summed E-state index contributed by atoms with van der Waals surface area (Å²) in [5, 5.41) is 0. The summed E-state index contributed by atoms with van der Waals surface area (Å²) in [6, 6.07) is 9.69. The number of carbonyl (C=O) groups is 1. The number of pyridine rings is 1. The van der Waals surface area contributed by atoms with Gasteiger partial charge in [-0.15, -0.1) is 0 Å². The van der Waals surface area contributed by atoms with E-state index < -0.39 is 15.9 Å². The average Bonchev–Trinajstić information content (AvgIpc) is 3.36. The maximum atomic E-state index is 12.3. The lowest BCUT2D eigenvalue weighted by Crippen LogP contribution is -2.32. The Balaban J connectivity index is 1.70. The lowest BCUT2D eigenvalue weighted by Gasteiger charge is -2.08. The third-order valence-electron chi connectivity index (χ3n) is 3.83. The fraction of sp³-hybridized carbons (Fsp3) is 0.250. The molecule has 1 fully saturated rings. The molecule has 0 bridgehead atoms. The summed E-state index contributed by atoms with van der Waals surface area (Å²) in [5.74, 6) is -0.370. The predicted octanol–water partition coefficient (Wildman–Crippen LogP) is 1.70. The van der Waals surface area contributed by atoms with E-state index in [1.165, 1.54) is 19.2 Å². The molecule has 1 heterocycles. The molecule has 0 aliphatic heterocycles. The van der Waals surface area contributed by atoms with Crippen LogP contribution < -0.4 is 9.46 Å². The lowest BCUT2D eigenvalue weighted by atomic mass is 10.1. The van der Waals surface area contributed by atoms with Crippen LogP contribution in [0.3, 0.4) is 0 Å². The first-order valence-electron chi connectivity index (χ1n) is 7.12. The van der Waals surface area contributed by atoms with Gasteiger partial charge in [-0.05, 0) is 36.1 Å². The van der Waals surface area contributed by atoms with E-state index in [0.29, 0.717) is 12.2 Å². The van der Waals surface area contributed by atoms with Crippen LogP contribution in [-0.4, -0.2) is 26.4 Å². The zero-order valence-corrected chi connectivity index (χ0v) is 13.3. The van der Waals surface area contributed by atoms with E-state index in [1.807, 2.05) is 6.07 Å². The van der Waals surface area contributed by atoms with Gasteiger partial charge in [-0.1, -0.05) is 12.1 Å². The lowest BCUT2D eigenvalue weighted by molar-refractivity contribution is -0.120. The van der Waals surface area contributed by atoms with Gasteiger partial charge < -0.3 is 4.74 Å². The molecule has 0 saturated heterocycles. The molecular weight excluding hydrogens is 316 g/mol. The van der Waals surface area contributed by atoms with Crippen LogP contribution in [0.15, 0.2) is 53.7 Å². The standard InChI is InChI=1S/C16H16N2O4S/c1-22-12-5-2-6-13(8-12)23(20,21)18-16(19)15-9-14(15)11-4-3-7-17-10-11/h2-8,10,14-15H,9H2,1H3,(H,18,19)/t14-,15-/m1/s1. The molecule has 1 aliphatic carbocycles. The molecule has 3 rings (SSSR count). The van der Waals surface area contributed by atoms with Gasteiger partial charge in [0, 0.05) is 24.4 Å². The van der Waals surface area contributed by atoms with E-state index in [4.69, 9.17) is 4.74 Å². The van der Waals surface area contributed by atoms with Crippen molar-refractivity contribution in [3.63, 3.8) is 0 Å². The number of nitrogens with zero attached hydrogens (tertiary/aromatic N) is 1. The summed E-state index contributed by atoms with van der Waals surface area (Å²) in [6.45, 7) is 0. The SMILES string of the molecule is COc1cccc(S(=O)(=O)NC(=O)[C@@H]2C[C@@H]2c2cccnc2)c1. The highest BCUT2D eigenvalue weighted by atomic mass is 32.2. The van der Waals surface area contributed by atoms with Gasteiger partial charge in [0.15, 0.2) is 0 Å². The van der Waals surface area contributed by atoms with E-state index >= 15 is 0 Å². The molecule has 0 unspecified atom stereocenters. The van der Waals surface area contributed by atoms with Crippen LogP contribution in [-0.2, 0) is 14.8 Å². The number of methoxy groups -OCH3 is 1. The first-order valence-corrected chi connectivity index (χ1v) is 8.60. The quantitative estimate of drug-likeness (QED) is 0.901. The Labute approximate surface area is 134 Å². The summed E-state index contributed by atoms with van der Waals surface area (Å²) in [7, 11) is -2.45. The molecule has 1 saturated carbocycles. The average molecular weight is 332 g/mol. The molecule has 0 spiro atoms. The number of amides is 1. The summed E-state index contributed by atoms with van der Waals surface area (Å²) in [6.07, 6.45) is 3.99. The van der Waals surface area contributed by atoms with Crippen molar-refractivity contribution < 1.29 is 17.9 Å². The monoisotopic (exact) mass is 332 g/mol. The van der Waals surface area contributed by atoms with Gasteiger partial charge in [0.05, 0.1) is 12.0 Å². The molecule has 120 valence electrons. The molecule has 0 radical (unpaired) electrons. The minimum Gasteiger partial charge on any atom is -0.497 e. The zero-order chi connectivity index (χ0) is 16.4. The van der Waals surface area contributed by atoms with Gasteiger partial charge in [0.25, 0.3) is 10.0 Å². The molecule has 1 amide bonds. The first-order chi connectivity index (χ1) is 11.0. The van der Waals surface area contributed by atoms with E-state index in [0.717, 1.165) is 5.56 Å². The zero-order valence-electron chi connectivity index (χ0n) is 12.5. The molecule has 1 aromatic heterocycles. The summed E-state index contributed by atoms with van der Waals surface area (Å²) in [5.41, 5.74) is 0.950. The smallest absolute Gasteiger partial charge is 0.264 e. The first kappa shape index (κ1) is 15.5. The second-order valence-electron chi connectivity index (χ2n) is 5.38. The van der Waals surface area contributed by atoms with Crippen molar-refractivity contribution in [3.05, 3.63) is 54.4 Å². The molecule has 2 atom stereocenters. The van der Waals surface area contributed by atoms with Gasteiger partial charge in [-0.25, -0.2) is 13.1 Å². The number of benzene rings is 1. The number of hydrogen-bond donors (Lipinski definition) is 1. The molecule has 6 nitrogen and oxygen atoms in total. The van der Waals surface area contributed by atoms with E-state index in [9.17, 15) is 13.2 Å². The summed E-state index contributed by atoms with van der Waals surface area (Å²) < 4.78 is 31.7. The van der Waals surface area contributed by atoms with Gasteiger partial charge in [0.2, 0.25) is 5.91 Å². The van der Waals surface area contributed by atoms with Crippen LogP contribution in [0, 0.1) is 5.92 Å². The largest absolute Gasteiger partial charge is 0.497 e. The van der Waals surface area contributed by atoms with Crippen molar-refractivity contribution in [1.29, 1.82) is 0 Å². The van der Waals surface area contributed by atoms with Gasteiger partial charge in [-0.3, -0.25) is 9.78 Å². The van der Waals surface area contributed by atoms with Crippen molar-refractivity contribution >= 4 is 15.9 Å². The van der Waals surface area contributed by atoms with Crippen molar-refractivity contribution in [1.82, 2.24) is 9.71 Å². The van der Waals surface area contributed by atoms with Crippen LogP contribution in [0.25, 0.3) is 0 Å². The fourth-order valence-electron chi connectivity index (χ4n) is 2.48. The van der Waals surface area contributed by atoms with Crippen LogP contribution >= 0.6 is 0 Å². The topological polar surface area (TPSA) is 85.4 Å². The number of aromatic nitrogens is 1. The Morgan fingerprint density at radius 1 is 1.30 bits per heavy atom. The number of ether oxygens (including phenoxy) is 1. The highest BCUT2D eigenvalue weighted by Crippen LogP contribution is 2.47. The van der Waals surface area contributed by atoms with Crippen LogP contribution in [0.4, 0.5) is 0 Å². The van der Waals surface area contributed by atoms with E-state index in [1.54, 1.807) is 30.6 Å². The van der Waals surface area contributed by atoms with Crippen LogP contribution in [0.1, 0.15) is 17.9 Å². The van der Waals surface area contributed by atoms with E-state index in [-0.39, 0.29) is 16.7 Å². The normalized spacial score (nSPS) is 19.9. The maximum absolute atomic E-state index is 12.3. The molecule has 7 heteroatoms. The minimum absolute atomic E-state index is 0.00350. The van der Waals surface area contributed by atoms with Crippen LogP contribution in [0.2, 0.25) is 0 Å². The Morgan fingerprint density at radius 3 is 2.83 bits per heavy atom. The van der Waals surface area contributed by atoms with Crippen LogP contribution in [0.5, 0.6) is 5.75 Å². The van der Waals surface area contributed by atoms with Crippen molar-refractivity contribution in [2.75, 3.05) is 7.11 Å². The number of sulfonamides is 1. The molecule has 2 aromatic rings. The predicted molar refractivity (Wildman–Crippen MR) is 83.4 cm³/mol. The molecule has 23 heavy (non-hydrogen) atoms. The van der Waals surface area contributed by atoms with Gasteiger partial charge in [0.1, 0.15) is 5.75 Å². The maximum Gasteiger partial charge on any atom is 0.264 e. The number of nitrogens with one attached hydrogen (secondary N) is 1. The number of carbonyl (C=O) groups excluding carboxylic acids is 1. The Hall–Kier alpha value is -2.41. The third kappa shape index (κ3) is 3.34. The van der Waals surface area contributed by atoms with Gasteiger partial charge in [-0.2, -0.15) is 0 Å². The summed E-state index contributed by atoms with van der Waals surface area (Å²) >= 11 is 0. The van der Waals surface area contributed by atoms with E-state index in [2.05, 4.69) is 9.71 Å². The van der Waals surface area contributed by atoms with Crippen molar-refractivity contribution in [2.24, 2.45) is 5.92 Å². The molecule has 1 aliphatic rings. The highest BCUT2D eigenvalue weighted by Gasteiger charge is 2.45. The molecule has 1 N–H and O–H groups in total. The Bertz CT molecular complexity index is 821. The second-order valence-corrected chi connectivity index (χ2v) is 7.07. The van der Waals surface area contributed by atoms with Crippen molar-refractivity contribution in [2.45, 2.75) is 17.2 Å². The molecular formula is C16H16N2O4S. The summed E-state index contributed by atoms with van der Waals surface area (Å²) in [4.78, 5) is 16.2. The second kappa shape index (κ2) is 6.00. The highest BCUT2D eigenvalue weighted by molar-refractivity contribution is 7.90. The van der Waals surface area contributed by atoms with Gasteiger partial charge >= 0.3 is 0 Å². The fourth-order valence-corrected chi connectivity index (χ4v) is 3.55. The Morgan fingerprint density at radius 2 is 2.13 bits per heavy atom. The molecule has 1 aromatic carbocycles. The third-order valence-corrected chi connectivity index (χ3v) is 5.17. The van der Waals surface area contributed by atoms with Crippen molar-refractivity contribution in [3.8, 4) is 5.75 Å². The number of rotatable bonds is 5. The number of hydrogen-bond acceptors (Lipinski definition) is 5.